The lowest BCUT2D eigenvalue weighted by atomic mass is 9.86. The van der Waals surface area contributed by atoms with Crippen molar-refractivity contribution in [2.75, 3.05) is 19.7 Å². The van der Waals surface area contributed by atoms with E-state index in [1.165, 1.54) is 5.56 Å². The maximum Gasteiger partial charge on any atom is 0.108 e. The van der Waals surface area contributed by atoms with Crippen LogP contribution in [0, 0.1) is 11.8 Å². The van der Waals surface area contributed by atoms with Gasteiger partial charge >= 0.3 is 0 Å². The molecule has 2 rings (SSSR count). The third kappa shape index (κ3) is 3.30. The Hall–Kier alpha value is -0.930. The van der Waals surface area contributed by atoms with Gasteiger partial charge in [-0.15, -0.1) is 0 Å². The Balaban J connectivity index is 1.97. The van der Waals surface area contributed by atoms with Crippen molar-refractivity contribution >= 4 is 0 Å². The predicted octanol–water partition coefficient (Wildman–Crippen LogP) is 2.48. The van der Waals surface area contributed by atoms with Crippen LogP contribution in [0.2, 0.25) is 0 Å². The maximum absolute atomic E-state index is 14.0. The quantitative estimate of drug-likeness (QED) is 0.888. The number of halogens is 1. The number of nitrogens with zero attached hydrogens (tertiary/aromatic N) is 1. The highest BCUT2D eigenvalue weighted by molar-refractivity contribution is 5.14. The molecule has 0 amide bonds. The van der Waals surface area contributed by atoms with Crippen LogP contribution in [0.4, 0.5) is 4.39 Å². The van der Waals surface area contributed by atoms with Gasteiger partial charge in [-0.3, -0.25) is 4.90 Å². The second-order valence-corrected chi connectivity index (χ2v) is 5.37. The summed E-state index contributed by atoms with van der Waals surface area (Å²) in [6, 6.07) is 10.3. The maximum atomic E-state index is 14.0. The molecule has 0 unspecified atom stereocenters. The summed E-state index contributed by atoms with van der Waals surface area (Å²) in [4.78, 5) is 2.30. The van der Waals surface area contributed by atoms with Crippen molar-refractivity contribution in [2.45, 2.75) is 26.1 Å². The van der Waals surface area contributed by atoms with Crippen molar-refractivity contribution in [1.82, 2.24) is 4.90 Å². The molecule has 100 valence electrons. The smallest absolute Gasteiger partial charge is 0.108 e. The summed E-state index contributed by atoms with van der Waals surface area (Å²) >= 11 is 0. The van der Waals surface area contributed by atoms with Gasteiger partial charge in [0.1, 0.15) is 6.17 Å². The van der Waals surface area contributed by atoms with E-state index < -0.39 is 6.17 Å². The summed E-state index contributed by atoms with van der Waals surface area (Å²) in [5.41, 5.74) is 1.27. The third-order valence-electron chi connectivity index (χ3n) is 3.78. The fourth-order valence-corrected chi connectivity index (χ4v) is 2.87. The Bertz CT molecular complexity index is 357. The van der Waals surface area contributed by atoms with E-state index in [0.29, 0.717) is 6.42 Å². The minimum atomic E-state index is -0.774. The summed E-state index contributed by atoms with van der Waals surface area (Å²) in [6.45, 7) is 4.47. The minimum absolute atomic E-state index is 0.0255. The highest BCUT2D eigenvalue weighted by Crippen LogP contribution is 2.28. The molecule has 1 aromatic carbocycles. The van der Waals surface area contributed by atoms with Gasteiger partial charge in [0, 0.05) is 38.1 Å². The van der Waals surface area contributed by atoms with Crippen LogP contribution >= 0.6 is 0 Å². The van der Waals surface area contributed by atoms with E-state index in [4.69, 9.17) is 5.11 Å². The number of rotatable bonds is 4. The molecule has 3 atom stereocenters. The van der Waals surface area contributed by atoms with Gasteiger partial charge in [0.05, 0.1) is 0 Å². The first kappa shape index (κ1) is 13.5. The molecule has 0 aromatic heterocycles. The Morgan fingerprint density at radius 2 is 2.00 bits per heavy atom. The third-order valence-corrected chi connectivity index (χ3v) is 3.78. The Kier molecular flexibility index (Phi) is 4.72. The first-order valence-corrected chi connectivity index (χ1v) is 6.72. The summed E-state index contributed by atoms with van der Waals surface area (Å²) in [5, 5.41) is 9.01. The average Bonchev–Trinajstić information content (AvgIpc) is 2.37. The summed E-state index contributed by atoms with van der Waals surface area (Å²) in [6.07, 6.45) is -0.208. The second-order valence-electron chi connectivity index (χ2n) is 5.37. The monoisotopic (exact) mass is 251 g/mol. The fraction of sp³-hybridized carbons (Fsp3) is 0.600. The largest absolute Gasteiger partial charge is 0.396 e. The standard InChI is InChI=1S/C15H22FNO/c1-12-9-17(10-13-5-3-2-4-6-13)11-14(7-8-18)15(12)16/h2-6,12,14-15,18H,7-11H2,1H3/t12-,14+,15+/m1/s1. The minimum Gasteiger partial charge on any atom is -0.396 e. The zero-order valence-electron chi connectivity index (χ0n) is 10.9. The molecule has 1 aliphatic rings. The Morgan fingerprint density at radius 1 is 1.28 bits per heavy atom. The Morgan fingerprint density at radius 3 is 2.67 bits per heavy atom. The van der Waals surface area contributed by atoms with Gasteiger partial charge < -0.3 is 5.11 Å². The highest BCUT2D eigenvalue weighted by Gasteiger charge is 2.33. The van der Waals surface area contributed by atoms with Gasteiger partial charge in [0.15, 0.2) is 0 Å². The molecular weight excluding hydrogens is 229 g/mol. The summed E-state index contributed by atoms with van der Waals surface area (Å²) < 4.78 is 14.0. The van der Waals surface area contributed by atoms with Crippen LogP contribution < -0.4 is 0 Å². The lowest BCUT2D eigenvalue weighted by Crippen LogP contribution is -2.46. The van der Waals surface area contributed by atoms with Crippen molar-refractivity contribution in [3.63, 3.8) is 0 Å². The number of likely N-dealkylation sites (tertiary alicyclic amines) is 1. The van der Waals surface area contributed by atoms with E-state index in [9.17, 15) is 4.39 Å². The molecule has 0 bridgehead atoms. The number of piperidine rings is 1. The van der Waals surface area contributed by atoms with Crippen molar-refractivity contribution in [1.29, 1.82) is 0 Å². The first-order valence-electron chi connectivity index (χ1n) is 6.72. The number of hydrogen-bond donors (Lipinski definition) is 1. The van der Waals surface area contributed by atoms with Crippen LogP contribution in [-0.2, 0) is 6.54 Å². The molecule has 1 aliphatic heterocycles. The van der Waals surface area contributed by atoms with E-state index in [-0.39, 0.29) is 18.4 Å². The second kappa shape index (κ2) is 6.30. The van der Waals surface area contributed by atoms with Crippen LogP contribution in [0.15, 0.2) is 30.3 Å². The van der Waals surface area contributed by atoms with E-state index >= 15 is 0 Å². The molecule has 2 nitrogen and oxygen atoms in total. The molecule has 0 radical (unpaired) electrons. The van der Waals surface area contributed by atoms with Crippen molar-refractivity contribution in [3.8, 4) is 0 Å². The van der Waals surface area contributed by atoms with Crippen LogP contribution in [0.1, 0.15) is 18.9 Å². The van der Waals surface area contributed by atoms with E-state index in [1.807, 2.05) is 25.1 Å². The zero-order chi connectivity index (χ0) is 13.0. The zero-order valence-corrected chi connectivity index (χ0v) is 10.9. The Labute approximate surface area is 108 Å². The molecule has 0 aliphatic carbocycles. The van der Waals surface area contributed by atoms with Gasteiger partial charge in [-0.2, -0.15) is 0 Å². The number of aliphatic hydroxyl groups is 1. The lowest BCUT2D eigenvalue weighted by molar-refractivity contribution is 0.0256. The SMILES string of the molecule is C[C@@H]1CN(Cc2ccccc2)C[C@H](CCO)[C@H]1F. The van der Waals surface area contributed by atoms with Gasteiger partial charge in [0.25, 0.3) is 0 Å². The first-order chi connectivity index (χ1) is 8.70. The highest BCUT2D eigenvalue weighted by atomic mass is 19.1. The normalized spacial score (nSPS) is 29.4. The van der Waals surface area contributed by atoms with Crippen molar-refractivity contribution in [2.24, 2.45) is 11.8 Å². The van der Waals surface area contributed by atoms with Gasteiger partial charge in [-0.1, -0.05) is 37.3 Å². The molecule has 1 fully saturated rings. The molecule has 1 N–H and O–H groups in total. The average molecular weight is 251 g/mol. The van der Waals surface area contributed by atoms with Gasteiger partial charge in [0.2, 0.25) is 0 Å². The lowest BCUT2D eigenvalue weighted by Gasteiger charge is -2.39. The molecule has 1 saturated heterocycles. The summed E-state index contributed by atoms with van der Waals surface area (Å²) in [7, 11) is 0. The van der Waals surface area contributed by atoms with Gasteiger partial charge in [-0.05, 0) is 12.0 Å². The molecule has 18 heavy (non-hydrogen) atoms. The van der Waals surface area contributed by atoms with E-state index in [2.05, 4.69) is 17.0 Å². The molecule has 3 heteroatoms. The molecule has 1 aromatic rings. The number of benzene rings is 1. The van der Waals surface area contributed by atoms with Crippen LogP contribution in [-0.4, -0.2) is 35.9 Å². The number of aliphatic hydroxyl groups excluding tert-OH is 1. The molecular formula is C15H22FNO. The topological polar surface area (TPSA) is 23.5 Å². The van der Waals surface area contributed by atoms with E-state index in [0.717, 1.165) is 19.6 Å². The van der Waals surface area contributed by atoms with Crippen molar-refractivity contribution < 1.29 is 9.50 Å². The van der Waals surface area contributed by atoms with Gasteiger partial charge in [-0.25, -0.2) is 4.39 Å². The predicted molar refractivity (Wildman–Crippen MR) is 71.0 cm³/mol. The number of alkyl halides is 1. The molecule has 0 saturated carbocycles. The summed E-state index contributed by atoms with van der Waals surface area (Å²) in [5.74, 6) is 0.0291. The van der Waals surface area contributed by atoms with Crippen LogP contribution in [0.25, 0.3) is 0 Å². The molecule has 1 heterocycles. The van der Waals surface area contributed by atoms with Crippen molar-refractivity contribution in [3.05, 3.63) is 35.9 Å². The fourth-order valence-electron chi connectivity index (χ4n) is 2.87. The molecule has 0 spiro atoms. The number of hydrogen-bond acceptors (Lipinski definition) is 2. The van der Waals surface area contributed by atoms with Crippen LogP contribution in [0.3, 0.4) is 0 Å². The van der Waals surface area contributed by atoms with E-state index in [1.54, 1.807) is 0 Å². The van der Waals surface area contributed by atoms with Crippen LogP contribution in [0.5, 0.6) is 0 Å².